The molecule has 0 unspecified atom stereocenters. The van der Waals surface area contributed by atoms with Crippen LogP contribution in [-0.2, 0) is 13.6 Å². The lowest BCUT2D eigenvalue weighted by molar-refractivity contribution is 0.281. The maximum atomic E-state index is 6.11. The molecule has 27 heavy (non-hydrogen) atoms. The fourth-order valence-electron chi connectivity index (χ4n) is 3.24. The summed E-state index contributed by atoms with van der Waals surface area (Å²) in [4.78, 5) is 8.84. The van der Waals surface area contributed by atoms with Gasteiger partial charge in [-0.1, -0.05) is 6.07 Å². The Morgan fingerprint density at radius 3 is 2.89 bits per heavy atom. The third-order valence-corrected chi connectivity index (χ3v) is 4.52. The number of para-hydroxylation sites is 1. The molecule has 0 aliphatic rings. The van der Waals surface area contributed by atoms with E-state index in [0.29, 0.717) is 24.7 Å². The minimum Gasteiger partial charge on any atom is -0.493 e. The van der Waals surface area contributed by atoms with Crippen LogP contribution >= 0.6 is 0 Å². The third-order valence-electron chi connectivity index (χ3n) is 4.52. The lowest BCUT2D eigenvalue weighted by Gasteiger charge is -2.15. The Hall–Kier alpha value is -3.35. The average molecular weight is 363 g/mol. The Balaban J connectivity index is 1.71. The van der Waals surface area contributed by atoms with E-state index in [1.54, 1.807) is 25.8 Å². The van der Waals surface area contributed by atoms with Gasteiger partial charge in [0, 0.05) is 25.0 Å². The molecule has 0 amide bonds. The monoisotopic (exact) mass is 363 g/mol. The molecule has 0 N–H and O–H groups in total. The van der Waals surface area contributed by atoms with Crippen molar-refractivity contribution in [2.75, 3.05) is 13.7 Å². The summed E-state index contributed by atoms with van der Waals surface area (Å²) in [5, 5.41) is 4.32. The van der Waals surface area contributed by atoms with Crippen molar-refractivity contribution >= 4 is 11.0 Å². The number of imidazole rings is 1. The first-order valence-corrected chi connectivity index (χ1v) is 8.72. The molecule has 0 spiro atoms. The van der Waals surface area contributed by atoms with Crippen molar-refractivity contribution in [3.05, 3.63) is 54.7 Å². The van der Waals surface area contributed by atoms with Gasteiger partial charge < -0.3 is 14.0 Å². The Bertz CT molecular complexity index is 1070. The maximum absolute atomic E-state index is 6.11. The van der Waals surface area contributed by atoms with Crippen LogP contribution < -0.4 is 9.47 Å². The molecule has 0 saturated heterocycles. The predicted molar refractivity (Wildman–Crippen MR) is 103 cm³/mol. The molecule has 3 aromatic heterocycles. The number of hydrogen-bond acceptors (Lipinski definition) is 5. The summed E-state index contributed by atoms with van der Waals surface area (Å²) in [7, 11) is 3.57. The highest BCUT2D eigenvalue weighted by atomic mass is 16.5. The van der Waals surface area contributed by atoms with Gasteiger partial charge in [0.25, 0.3) is 0 Å². The second-order valence-corrected chi connectivity index (χ2v) is 6.31. The topological polar surface area (TPSA) is 67.0 Å². The molecule has 3 heterocycles. The molecule has 0 saturated carbocycles. The standard InChI is InChI=1S/C20H21N5O2/c1-14-11-16(23-17-12-22-24(2)19(14)17)15-5-4-6-18(26-3)20(15)27-10-9-25-8-7-21-13-25/h4-8,11-13H,9-10H2,1-3H3. The summed E-state index contributed by atoms with van der Waals surface area (Å²) in [5.74, 6) is 1.37. The lowest BCUT2D eigenvalue weighted by Crippen LogP contribution is -2.08. The van der Waals surface area contributed by atoms with Crippen molar-refractivity contribution in [1.29, 1.82) is 0 Å². The minimum absolute atomic E-state index is 0.498. The summed E-state index contributed by atoms with van der Waals surface area (Å²) in [6, 6.07) is 7.90. The molecule has 7 nitrogen and oxygen atoms in total. The number of ether oxygens (including phenoxy) is 2. The van der Waals surface area contributed by atoms with Gasteiger partial charge in [-0.3, -0.25) is 4.68 Å². The third kappa shape index (κ3) is 3.23. The van der Waals surface area contributed by atoms with E-state index >= 15 is 0 Å². The van der Waals surface area contributed by atoms with E-state index in [2.05, 4.69) is 23.1 Å². The van der Waals surface area contributed by atoms with Crippen LogP contribution in [0.25, 0.3) is 22.3 Å². The SMILES string of the molecule is COc1cccc(-c2cc(C)c3c(cnn3C)n2)c1OCCn1ccnc1. The summed E-state index contributed by atoms with van der Waals surface area (Å²) < 4.78 is 15.5. The van der Waals surface area contributed by atoms with Crippen molar-refractivity contribution < 1.29 is 9.47 Å². The van der Waals surface area contributed by atoms with E-state index in [-0.39, 0.29) is 0 Å². The first-order chi connectivity index (χ1) is 13.2. The molecule has 1 aromatic carbocycles. The molecular weight excluding hydrogens is 342 g/mol. The number of aryl methyl sites for hydroxylation is 2. The molecule has 0 bridgehead atoms. The van der Waals surface area contributed by atoms with Gasteiger partial charge in [0.1, 0.15) is 12.1 Å². The first kappa shape index (κ1) is 17.1. The highest BCUT2D eigenvalue weighted by molar-refractivity contribution is 5.83. The maximum Gasteiger partial charge on any atom is 0.170 e. The fourth-order valence-corrected chi connectivity index (χ4v) is 3.24. The van der Waals surface area contributed by atoms with Gasteiger partial charge in [0.15, 0.2) is 11.5 Å². The zero-order valence-electron chi connectivity index (χ0n) is 15.6. The van der Waals surface area contributed by atoms with E-state index in [0.717, 1.165) is 27.9 Å². The minimum atomic E-state index is 0.498. The van der Waals surface area contributed by atoms with E-state index in [1.165, 1.54) is 0 Å². The summed E-state index contributed by atoms with van der Waals surface area (Å²) in [6.45, 7) is 3.26. The Morgan fingerprint density at radius 2 is 2.11 bits per heavy atom. The van der Waals surface area contributed by atoms with E-state index in [1.807, 2.05) is 40.7 Å². The van der Waals surface area contributed by atoms with Gasteiger partial charge in [-0.25, -0.2) is 9.97 Å². The van der Waals surface area contributed by atoms with Gasteiger partial charge in [-0.2, -0.15) is 5.10 Å². The lowest BCUT2D eigenvalue weighted by atomic mass is 10.1. The first-order valence-electron chi connectivity index (χ1n) is 8.72. The predicted octanol–water partition coefficient (Wildman–Crippen LogP) is 3.23. The Kier molecular flexibility index (Phi) is 4.50. The van der Waals surface area contributed by atoms with Gasteiger partial charge in [0.2, 0.25) is 0 Å². The largest absolute Gasteiger partial charge is 0.493 e. The molecule has 4 aromatic rings. The number of hydrogen-bond donors (Lipinski definition) is 0. The second-order valence-electron chi connectivity index (χ2n) is 6.31. The summed E-state index contributed by atoms with van der Waals surface area (Å²) in [5.41, 5.74) is 4.74. The average Bonchev–Trinajstić information content (AvgIpc) is 3.32. The normalized spacial score (nSPS) is 11.1. The van der Waals surface area contributed by atoms with Gasteiger partial charge in [-0.15, -0.1) is 0 Å². The quantitative estimate of drug-likeness (QED) is 0.526. The Morgan fingerprint density at radius 1 is 1.22 bits per heavy atom. The highest BCUT2D eigenvalue weighted by Gasteiger charge is 2.16. The van der Waals surface area contributed by atoms with Crippen molar-refractivity contribution in [3.8, 4) is 22.8 Å². The zero-order chi connectivity index (χ0) is 18.8. The van der Waals surface area contributed by atoms with E-state index < -0.39 is 0 Å². The smallest absolute Gasteiger partial charge is 0.170 e. The highest BCUT2D eigenvalue weighted by Crippen LogP contribution is 2.38. The van der Waals surface area contributed by atoms with Crippen LogP contribution in [0.5, 0.6) is 11.5 Å². The van der Waals surface area contributed by atoms with Crippen molar-refractivity contribution in [2.24, 2.45) is 7.05 Å². The number of benzene rings is 1. The molecule has 0 aliphatic carbocycles. The summed E-state index contributed by atoms with van der Waals surface area (Å²) >= 11 is 0. The molecule has 0 fully saturated rings. The van der Waals surface area contributed by atoms with Crippen molar-refractivity contribution in [3.63, 3.8) is 0 Å². The van der Waals surface area contributed by atoms with E-state index in [4.69, 9.17) is 14.5 Å². The van der Waals surface area contributed by atoms with Crippen LogP contribution in [0.4, 0.5) is 0 Å². The second kappa shape index (κ2) is 7.11. The number of pyridine rings is 1. The number of nitrogens with zero attached hydrogens (tertiary/aromatic N) is 5. The molecule has 4 rings (SSSR count). The molecule has 138 valence electrons. The molecule has 0 aliphatic heterocycles. The van der Waals surface area contributed by atoms with Crippen LogP contribution in [0.2, 0.25) is 0 Å². The van der Waals surface area contributed by atoms with Crippen molar-refractivity contribution in [1.82, 2.24) is 24.3 Å². The van der Waals surface area contributed by atoms with Crippen LogP contribution in [0.3, 0.4) is 0 Å². The van der Waals surface area contributed by atoms with Crippen LogP contribution in [-0.4, -0.2) is 38.0 Å². The number of aromatic nitrogens is 5. The molecular formula is C20H21N5O2. The number of methoxy groups -OCH3 is 1. The van der Waals surface area contributed by atoms with Gasteiger partial charge in [0.05, 0.1) is 37.4 Å². The van der Waals surface area contributed by atoms with Crippen LogP contribution in [0, 0.1) is 6.92 Å². The summed E-state index contributed by atoms with van der Waals surface area (Å²) in [6.07, 6.45) is 7.22. The Labute approximate surface area is 157 Å². The molecule has 7 heteroatoms. The van der Waals surface area contributed by atoms with Crippen LogP contribution in [0.1, 0.15) is 5.56 Å². The van der Waals surface area contributed by atoms with Crippen molar-refractivity contribution in [2.45, 2.75) is 13.5 Å². The zero-order valence-corrected chi connectivity index (χ0v) is 15.6. The fraction of sp³-hybridized carbons (Fsp3) is 0.250. The van der Waals surface area contributed by atoms with E-state index in [9.17, 15) is 0 Å². The van der Waals surface area contributed by atoms with Gasteiger partial charge >= 0.3 is 0 Å². The van der Waals surface area contributed by atoms with Gasteiger partial charge in [-0.05, 0) is 30.7 Å². The van der Waals surface area contributed by atoms with Crippen LogP contribution in [0.15, 0.2) is 49.2 Å². The molecule has 0 radical (unpaired) electrons. The number of rotatable bonds is 6. The molecule has 0 atom stereocenters. The number of fused-ring (bicyclic) bond motifs is 1.